The topological polar surface area (TPSA) is 83.9 Å². The van der Waals surface area contributed by atoms with E-state index < -0.39 is 28.9 Å². The Hall–Kier alpha value is -3.06. The zero-order valence-corrected chi connectivity index (χ0v) is 15.4. The lowest BCUT2D eigenvalue weighted by atomic mass is 9.88. The smallest absolute Gasteiger partial charge is 0.313 e. The van der Waals surface area contributed by atoms with Gasteiger partial charge in [-0.2, -0.15) is 0 Å². The quantitative estimate of drug-likeness (QED) is 0.773. The number of carbonyl (C=O) groups is 3. The van der Waals surface area contributed by atoms with Gasteiger partial charge in [0.05, 0.1) is 12.2 Å². The summed E-state index contributed by atoms with van der Waals surface area (Å²) in [6.07, 6.45) is 0.274. The van der Waals surface area contributed by atoms with Crippen molar-refractivity contribution in [3.63, 3.8) is 0 Å². The van der Waals surface area contributed by atoms with E-state index in [0.29, 0.717) is 0 Å². The molecule has 1 unspecified atom stereocenters. The molecule has 1 aliphatic heterocycles. The van der Waals surface area contributed by atoms with Crippen LogP contribution < -0.4 is 0 Å². The molecule has 0 aliphatic carbocycles. The molecule has 1 amide bonds. The molecule has 2 aromatic carbocycles. The van der Waals surface area contributed by atoms with E-state index in [1.165, 1.54) is 48.4 Å². The van der Waals surface area contributed by atoms with Gasteiger partial charge in [0.25, 0.3) is 5.91 Å². The number of rotatable bonds is 6. The molecule has 1 atom stereocenters. The van der Waals surface area contributed by atoms with Crippen molar-refractivity contribution in [3.05, 3.63) is 71.0 Å². The average Bonchev–Trinajstić information content (AvgIpc) is 3.13. The van der Waals surface area contributed by atoms with Gasteiger partial charge in [-0.3, -0.25) is 14.4 Å². The second-order valence-electron chi connectivity index (χ2n) is 6.88. The monoisotopic (exact) mass is 385 g/mol. The van der Waals surface area contributed by atoms with Crippen LogP contribution in [-0.4, -0.2) is 54.5 Å². The van der Waals surface area contributed by atoms with Crippen LogP contribution in [0, 0.1) is 11.2 Å². The van der Waals surface area contributed by atoms with Gasteiger partial charge in [-0.05, 0) is 36.8 Å². The van der Waals surface area contributed by atoms with Gasteiger partial charge in [0.2, 0.25) is 0 Å². The SMILES string of the molecule is COCC1(C(=O)O)CCN(C(=O)c2ccccc2C(=O)c2ccc(F)cc2)C1. The third kappa shape index (κ3) is 3.66. The van der Waals surface area contributed by atoms with Crippen LogP contribution in [0.15, 0.2) is 48.5 Å². The molecule has 1 aliphatic rings. The van der Waals surface area contributed by atoms with Gasteiger partial charge in [-0.1, -0.05) is 18.2 Å². The fourth-order valence-corrected chi connectivity index (χ4v) is 3.47. The first-order chi connectivity index (χ1) is 13.4. The predicted octanol–water partition coefficient (Wildman–Crippen LogP) is 2.62. The van der Waals surface area contributed by atoms with Crippen molar-refractivity contribution in [2.75, 3.05) is 26.8 Å². The van der Waals surface area contributed by atoms with Crippen molar-refractivity contribution >= 4 is 17.7 Å². The molecular weight excluding hydrogens is 365 g/mol. The van der Waals surface area contributed by atoms with E-state index in [1.807, 2.05) is 0 Å². The van der Waals surface area contributed by atoms with E-state index in [-0.39, 0.29) is 42.8 Å². The summed E-state index contributed by atoms with van der Waals surface area (Å²) in [6.45, 7) is 0.268. The Morgan fingerprint density at radius 3 is 2.36 bits per heavy atom. The van der Waals surface area contributed by atoms with Crippen molar-refractivity contribution in [1.29, 1.82) is 0 Å². The van der Waals surface area contributed by atoms with Crippen LogP contribution in [0.25, 0.3) is 0 Å². The highest BCUT2D eigenvalue weighted by Gasteiger charge is 2.46. The molecule has 1 N–H and O–H groups in total. The summed E-state index contributed by atoms with van der Waals surface area (Å²) >= 11 is 0. The molecule has 2 aromatic rings. The van der Waals surface area contributed by atoms with Crippen LogP contribution in [0.4, 0.5) is 4.39 Å². The van der Waals surface area contributed by atoms with Crippen LogP contribution in [0.1, 0.15) is 32.7 Å². The molecule has 0 radical (unpaired) electrons. The molecule has 1 fully saturated rings. The van der Waals surface area contributed by atoms with E-state index in [1.54, 1.807) is 12.1 Å². The van der Waals surface area contributed by atoms with Crippen LogP contribution >= 0.6 is 0 Å². The van der Waals surface area contributed by atoms with E-state index in [4.69, 9.17) is 4.74 Å². The maximum atomic E-state index is 13.1. The minimum absolute atomic E-state index is 0.00225. The number of nitrogens with zero attached hydrogens (tertiary/aromatic N) is 1. The number of amides is 1. The first kappa shape index (κ1) is 19.7. The fraction of sp³-hybridized carbons (Fsp3) is 0.286. The van der Waals surface area contributed by atoms with E-state index in [0.717, 1.165) is 0 Å². The van der Waals surface area contributed by atoms with Crippen LogP contribution in [0.2, 0.25) is 0 Å². The van der Waals surface area contributed by atoms with E-state index in [2.05, 4.69) is 0 Å². The van der Waals surface area contributed by atoms with Crippen LogP contribution in [0.5, 0.6) is 0 Å². The third-order valence-electron chi connectivity index (χ3n) is 5.02. The largest absolute Gasteiger partial charge is 0.481 e. The van der Waals surface area contributed by atoms with Gasteiger partial charge >= 0.3 is 5.97 Å². The normalized spacial score (nSPS) is 18.9. The molecule has 6 nitrogen and oxygen atoms in total. The lowest BCUT2D eigenvalue weighted by molar-refractivity contribution is -0.151. The number of hydrogen-bond acceptors (Lipinski definition) is 4. The van der Waals surface area contributed by atoms with Crippen LogP contribution in [-0.2, 0) is 9.53 Å². The summed E-state index contributed by atoms with van der Waals surface area (Å²) in [6, 6.07) is 11.5. The second kappa shape index (κ2) is 7.90. The zero-order chi connectivity index (χ0) is 20.3. The molecule has 0 aromatic heterocycles. The molecule has 0 spiro atoms. The molecule has 0 bridgehead atoms. The highest BCUT2D eigenvalue weighted by Crippen LogP contribution is 2.32. The van der Waals surface area contributed by atoms with Crippen LogP contribution in [0.3, 0.4) is 0 Å². The van der Waals surface area contributed by atoms with Crippen molar-refractivity contribution in [2.45, 2.75) is 6.42 Å². The number of methoxy groups -OCH3 is 1. The van der Waals surface area contributed by atoms with E-state index in [9.17, 15) is 23.9 Å². The van der Waals surface area contributed by atoms with Gasteiger partial charge in [0.1, 0.15) is 11.2 Å². The van der Waals surface area contributed by atoms with Crippen molar-refractivity contribution in [1.82, 2.24) is 4.90 Å². The molecule has 28 heavy (non-hydrogen) atoms. The minimum Gasteiger partial charge on any atom is -0.481 e. The first-order valence-electron chi connectivity index (χ1n) is 8.79. The minimum atomic E-state index is -1.15. The highest BCUT2D eigenvalue weighted by atomic mass is 19.1. The Balaban J connectivity index is 1.89. The first-order valence-corrected chi connectivity index (χ1v) is 8.79. The molecule has 7 heteroatoms. The number of ether oxygens (including phenoxy) is 1. The lowest BCUT2D eigenvalue weighted by Crippen LogP contribution is -2.40. The highest BCUT2D eigenvalue weighted by molar-refractivity contribution is 6.15. The number of ketones is 1. The van der Waals surface area contributed by atoms with Gasteiger partial charge in [0.15, 0.2) is 5.78 Å². The summed E-state index contributed by atoms with van der Waals surface area (Å²) in [5.74, 6) is -2.28. The number of hydrogen-bond donors (Lipinski definition) is 1. The molecule has 1 saturated heterocycles. The van der Waals surface area contributed by atoms with Gasteiger partial charge in [-0.15, -0.1) is 0 Å². The second-order valence-corrected chi connectivity index (χ2v) is 6.88. The summed E-state index contributed by atoms with van der Waals surface area (Å²) < 4.78 is 18.2. The Bertz CT molecular complexity index is 911. The number of carboxylic acid groups (broad SMARTS) is 1. The van der Waals surface area contributed by atoms with Gasteiger partial charge in [0, 0.05) is 31.3 Å². The Morgan fingerprint density at radius 1 is 1.11 bits per heavy atom. The zero-order valence-electron chi connectivity index (χ0n) is 15.4. The Morgan fingerprint density at radius 2 is 1.75 bits per heavy atom. The fourth-order valence-electron chi connectivity index (χ4n) is 3.47. The number of carbonyl (C=O) groups excluding carboxylic acids is 2. The summed E-state index contributed by atoms with van der Waals surface area (Å²) in [5.41, 5.74) is -0.503. The maximum absolute atomic E-state index is 13.1. The number of halogens is 1. The molecule has 1 heterocycles. The summed E-state index contributed by atoms with van der Waals surface area (Å²) in [4.78, 5) is 39.0. The number of likely N-dealkylation sites (tertiary alicyclic amines) is 1. The molecule has 146 valence electrons. The summed E-state index contributed by atoms with van der Waals surface area (Å²) in [5, 5.41) is 9.58. The number of carboxylic acids is 1. The predicted molar refractivity (Wildman–Crippen MR) is 98.7 cm³/mol. The Labute approximate surface area is 161 Å². The third-order valence-corrected chi connectivity index (χ3v) is 5.02. The van der Waals surface area contributed by atoms with Gasteiger partial charge in [-0.25, -0.2) is 4.39 Å². The molecular formula is C21H20FNO5. The number of aliphatic carboxylic acids is 1. The van der Waals surface area contributed by atoms with E-state index >= 15 is 0 Å². The van der Waals surface area contributed by atoms with Gasteiger partial charge < -0.3 is 14.7 Å². The Kier molecular flexibility index (Phi) is 5.56. The molecule has 0 saturated carbocycles. The molecule has 3 rings (SSSR count). The van der Waals surface area contributed by atoms with Crippen molar-refractivity contribution in [2.24, 2.45) is 5.41 Å². The maximum Gasteiger partial charge on any atom is 0.313 e. The average molecular weight is 385 g/mol. The van der Waals surface area contributed by atoms with Crippen molar-refractivity contribution in [3.8, 4) is 0 Å². The van der Waals surface area contributed by atoms with Crippen molar-refractivity contribution < 1.29 is 28.6 Å². The standard InChI is InChI=1S/C21H20FNO5/c1-28-13-21(20(26)27)10-11-23(12-21)19(25)17-5-3-2-4-16(17)18(24)14-6-8-15(22)9-7-14/h2-9H,10-13H2,1H3,(H,26,27). The summed E-state index contributed by atoms with van der Waals surface area (Å²) in [7, 11) is 1.42. The number of benzene rings is 2. The lowest BCUT2D eigenvalue weighted by Gasteiger charge is -2.24.